The SMILES string of the molecule is CC(C)c1ccccc1-c1ccc(C(=O)NC2CCC(O)CC2)nc1-c1ccc(Cl)c(OCCCN(C)C)c1. The van der Waals surface area contributed by atoms with Gasteiger partial charge in [0, 0.05) is 23.7 Å². The molecule has 208 valence electrons. The Balaban J connectivity index is 1.71. The van der Waals surface area contributed by atoms with Gasteiger partial charge in [-0.25, -0.2) is 4.98 Å². The lowest BCUT2D eigenvalue weighted by atomic mass is 9.90. The van der Waals surface area contributed by atoms with Gasteiger partial charge in [0.25, 0.3) is 5.91 Å². The van der Waals surface area contributed by atoms with Crippen molar-refractivity contribution >= 4 is 17.5 Å². The molecule has 6 nitrogen and oxygen atoms in total. The van der Waals surface area contributed by atoms with Crippen molar-refractivity contribution in [1.82, 2.24) is 15.2 Å². The van der Waals surface area contributed by atoms with Crippen LogP contribution in [-0.2, 0) is 0 Å². The standard InChI is InChI=1S/C32H40ClN3O3/c1-21(2)25-8-5-6-9-26(25)27-15-17-29(32(38)34-23-11-13-24(37)14-12-23)35-31(27)22-10-16-28(33)30(20-22)39-19-7-18-36(3)4/h5-6,8-10,15-17,20-21,23-24,37H,7,11-14,18-19H2,1-4H3,(H,34,38). The van der Waals surface area contributed by atoms with Gasteiger partial charge in [-0.2, -0.15) is 0 Å². The normalized spacial score (nSPS) is 17.4. The minimum Gasteiger partial charge on any atom is -0.492 e. The van der Waals surface area contributed by atoms with Crippen molar-refractivity contribution in [2.24, 2.45) is 0 Å². The van der Waals surface area contributed by atoms with Crippen LogP contribution in [-0.4, -0.2) is 60.3 Å². The molecule has 39 heavy (non-hydrogen) atoms. The first-order chi connectivity index (χ1) is 18.7. The molecule has 1 fully saturated rings. The second-order valence-corrected chi connectivity index (χ2v) is 11.4. The molecular weight excluding hydrogens is 510 g/mol. The van der Waals surface area contributed by atoms with Crippen molar-refractivity contribution in [1.29, 1.82) is 0 Å². The van der Waals surface area contributed by atoms with E-state index < -0.39 is 0 Å². The lowest BCUT2D eigenvalue weighted by molar-refractivity contribution is 0.0863. The summed E-state index contributed by atoms with van der Waals surface area (Å²) in [5, 5.41) is 13.5. The number of ether oxygens (including phenoxy) is 1. The quantitative estimate of drug-likeness (QED) is 0.280. The second-order valence-electron chi connectivity index (χ2n) is 11.0. The van der Waals surface area contributed by atoms with E-state index in [-0.39, 0.29) is 18.1 Å². The lowest BCUT2D eigenvalue weighted by Crippen LogP contribution is -2.38. The van der Waals surface area contributed by atoms with Crippen molar-refractivity contribution in [3.8, 4) is 28.1 Å². The van der Waals surface area contributed by atoms with Gasteiger partial charge in [0.05, 0.1) is 23.4 Å². The van der Waals surface area contributed by atoms with E-state index in [0.29, 0.717) is 47.5 Å². The van der Waals surface area contributed by atoms with Gasteiger partial charge in [-0.3, -0.25) is 4.79 Å². The highest BCUT2D eigenvalue weighted by atomic mass is 35.5. The molecule has 2 aromatic carbocycles. The summed E-state index contributed by atoms with van der Waals surface area (Å²) >= 11 is 6.51. The van der Waals surface area contributed by atoms with E-state index in [2.05, 4.69) is 42.3 Å². The van der Waals surface area contributed by atoms with Crippen LogP contribution >= 0.6 is 11.6 Å². The van der Waals surface area contributed by atoms with Gasteiger partial charge in [0.15, 0.2) is 0 Å². The molecule has 0 spiro atoms. The molecule has 1 aliphatic rings. The molecule has 1 aromatic heterocycles. The fraction of sp³-hybridized carbons (Fsp3) is 0.438. The molecular formula is C32H40ClN3O3. The highest BCUT2D eigenvalue weighted by molar-refractivity contribution is 6.32. The number of carbonyl (C=O) groups excluding carboxylic acids is 1. The fourth-order valence-corrected chi connectivity index (χ4v) is 5.24. The van der Waals surface area contributed by atoms with Gasteiger partial charge < -0.3 is 20.1 Å². The Labute approximate surface area is 237 Å². The van der Waals surface area contributed by atoms with Crippen molar-refractivity contribution in [2.75, 3.05) is 27.2 Å². The number of benzene rings is 2. The summed E-state index contributed by atoms with van der Waals surface area (Å²) in [6.45, 7) is 5.83. The monoisotopic (exact) mass is 549 g/mol. The number of rotatable bonds is 10. The van der Waals surface area contributed by atoms with Gasteiger partial charge in [0.1, 0.15) is 11.4 Å². The zero-order valence-corrected chi connectivity index (χ0v) is 24.2. The van der Waals surface area contributed by atoms with Crippen LogP contribution in [0.2, 0.25) is 5.02 Å². The van der Waals surface area contributed by atoms with Gasteiger partial charge in [-0.1, -0.05) is 55.8 Å². The largest absolute Gasteiger partial charge is 0.492 e. The Morgan fingerprint density at radius 1 is 1.08 bits per heavy atom. The van der Waals surface area contributed by atoms with Crippen LogP contribution in [0.4, 0.5) is 0 Å². The number of carbonyl (C=O) groups is 1. The molecule has 1 amide bonds. The summed E-state index contributed by atoms with van der Waals surface area (Å²) in [6.07, 6.45) is 3.56. The summed E-state index contributed by atoms with van der Waals surface area (Å²) in [4.78, 5) is 20.3. The van der Waals surface area contributed by atoms with Crippen LogP contribution in [0.1, 0.15) is 67.9 Å². The third kappa shape index (κ3) is 7.59. The molecule has 4 rings (SSSR count). The molecule has 0 saturated heterocycles. The number of pyridine rings is 1. The Bertz CT molecular complexity index is 1270. The van der Waals surface area contributed by atoms with Crippen molar-refractivity contribution < 1.29 is 14.6 Å². The first kappa shape index (κ1) is 29.1. The highest BCUT2D eigenvalue weighted by Gasteiger charge is 2.23. The molecule has 0 unspecified atom stereocenters. The van der Waals surface area contributed by atoms with Crippen LogP contribution in [0.25, 0.3) is 22.4 Å². The molecule has 7 heteroatoms. The molecule has 0 aliphatic heterocycles. The van der Waals surface area contributed by atoms with E-state index in [0.717, 1.165) is 42.5 Å². The van der Waals surface area contributed by atoms with Gasteiger partial charge in [-0.05, 0) is 87.5 Å². The number of hydrogen-bond donors (Lipinski definition) is 2. The number of aliphatic hydroxyl groups excluding tert-OH is 1. The Morgan fingerprint density at radius 2 is 1.82 bits per heavy atom. The van der Waals surface area contributed by atoms with Gasteiger partial charge in [-0.15, -0.1) is 0 Å². The smallest absolute Gasteiger partial charge is 0.270 e. The fourth-order valence-electron chi connectivity index (χ4n) is 5.07. The topological polar surface area (TPSA) is 74.7 Å². The number of hydrogen-bond acceptors (Lipinski definition) is 5. The van der Waals surface area contributed by atoms with E-state index in [1.54, 1.807) is 6.07 Å². The number of halogens is 1. The molecule has 3 aromatic rings. The van der Waals surface area contributed by atoms with Gasteiger partial charge in [0.2, 0.25) is 0 Å². The maximum absolute atomic E-state index is 13.3. The molecule has 1 saturated carbocycles. The van der Waals surface area contributed by atoms with E-state index in [1.165, 1.54) is 5.56 Å². The molecule has 1 heterocycles. The Hall–Kier alpha value is -2.93. The van der Waals surface area contributed by atoms with Crippen LogP contribution in [0, 0.1) is 0 Å². The highest BCUT2D eigenvalue weighted by Crippen LogP contribution is 2.38. The average molecular weight is 550 g/mol. The number of nitrogens with zero attached hydrogens (tertiary/aromatic N) is 2. The number of amides is 1. The summed E-state index contributed by atoms with van der Waals surface area (Å²) in [5.41, 5.74) is 5.18. The van der Waals surface area contributed by atoms with Crippen molar-refractivity contribution in [3.63, 3.8) is 0 Å². The number of aromatic nitrogens is 1. The maximum atomic E-state index is 13.3. The van der Waals surface area contributed by atoms with Crippen molar-refractivity contribution in [2.45, 2.75) is 64.0 Å². The van der Waals surface area contributed by atoms with Crippen LogP contribution in [0.5, 0.6) is 5.75 Å². The number of nitrogens with one attached hydrogen (secondary N) is 1. The molecule has 0 atom stereocenters. The predicted octanol–water partition coefficient (Wildman–Crippen LogP) is 6.56. The van der Waals surface area contributed by atoms with Crippen LogP contribution in [0.3, 0.4) is 0 Å². The Kier molecular flexibility index (Phi) is 10.0. The summed E-state index contributed by atoms with van der Waals surface area (Å²) < 4.78 is 6.06. The second kappa shape index (κ2) is 13.4. The van der Waals surface area contributed by atoms with Gasteiger partial charge >= 0.3 is 0 Å². The van der Waals surface area contributed by atoms with Crippen LogP contribution < -0.4 is 10.1 Å². The van der Waals surface area contributed by atoms with E-state index >= 15 is 0 Å². The predicted molar refractivity (Wildman–Crippen MR) is 159 cm³/mol. The zero-order chi connectivity index (χ0) is 27.9. The summed E-state index contributed by atoms with van der Waals surface area (Å²) in [7, 11) is 4.08. The maximum Gasteiger partial charge on any atom is 0.270 e. The molecule has 0 radical (unpaired) electrons. The molecule has 1 aliphatic carbocycles. The third-order valence-electron chi connectivity index (χ3n) is 7.24. The first-order valence-corrected chi connectivity index (χ1v) is 14.3. The minimum absolute atomic E-state index is 0.0465. The van der Waals surface area contributed by atoms with E-state index in [9.17, 15) is 9.90 Å². The molecule has 0 bridgehead atoms. The zero-order valence-electron chi connectivity index (χ0n) is 23.4. The Morgan fingerprint density at radius 3 is 2.54 bits per heavy atom. The third-order valence-corrected chi connectivity index (χ3v) is 7.56. The molecule has 2 N–H and O–H groups in total. The van der Waals surface area contributed by atoms with Crippen LogP contribution in [0.15, 0.2) is 54.6 Å². The van der Waals surface area contributed by atoms with E-state index in [1.807, 2.05) is 44.4 Å². The summed E-state index contributed by atoms with van der Waals surface area (Å²) in [5.74, 6) is 0.725. The van der Waals surface area contributed by atoms with E-state index in [4.69, 9.17) is 21.3 Å². The average Bonchev–Trinajstić information content (AvgIpc) is 2.92. The first-order valence-electron chi connectivity index (χ1n) is 13.9. The van der Waals surface area contributed by atoms with Crippen molar-refractivity contribution in [3.05, 3.63) is 70.9 Å². The minimum atomic E-state index is -0.271. The summed E-state index contributed by atoms with van der Waals surface area (Å²) in [6, 6.07) is 17.9. The number of aliphatic hydroxyl groups is 1. The lowest BCUT2D eigenvalue weighted by Gasteiger charge is -2.26.